The summed E-state index contributed by atoms with van der Waals surface area (Å²) in [7, 11) is 0. The predicted octanol–water partition coefficient (Wildman–Crippen LogP) is 1.72. The summed E-state index contributed by atoms with van der Waals surface area (Å²) in [5.41, 5.74) is 2.56. The molecule has 0 spiro atoms. The van der Waals surface area contributed by atoms with Gasteiger partial charge < -0.3 is 5.32 Å². The maximum atomic E-state index is 12.0. The van der Waals surface area contributed by atoms with Crippen LogP contribution in [0.3, 0.4) is 0 Å². The molecule has 0 atom stereocenters. The molecule has 0 unspecified atom stereocenters. The zero-order valence-corrected chi connectivity index (χ0v) is 12.4. The van der Waals surface area contributed by atoms with Gasteiger partial charge in [0.05, 0.1) is 11.9 Å². The lowest BCUT2D eigenvalue weighted by atomic mass is 10.1. The van der Waals surface area contributed by atoms with Gasteiger partial charge in [-0.1, -0.05) is 12.1 Å². The van der Waals surface area contributed by atoms with Crippen LogP contribution in [0.2, 0.25) is 0 Å². The van der Waals surface area contributed by atoms with E-state index in [-0.39, 0.29) is 5.91 Å². The van der Waals surface area contributed by atoms with Crippen molar-refractivity contribution in [2.75, 3.05) is 12.3 Å². The molecule has 0 fully saturated rings. The molecule has 0 bridgehead atoms. The lowest BCUT2D eigenvalue weighted by Gasteiger charge is -2.05. The van der Waals surface area contributed by atoms with E-state index in [1.165, 1.54) is 11.8 Å². The third-order valence-electron chi connectivity index (χ3n) is 2.99. The number of thioether (sulfide) groups is 1. The molecular formula is C14H14N6OS. The molecule has 1 amide bonds. The molecular weight excluding hydrogens is 300 g/mol. The van der Waals surface area contributed by atoms with Crippen molar-refractivity contribution >= 4 is 17.7 Å². The molecule has 2 aromatic heterocycles. The molecule has 22 heavy (non-hydrogen) atoms. The van der Waals surface area contributed by atoms with E-state index in [0.717, 1.165) is 22.0 Å². The van der Waals surface area contributed by atoms with Crippen LogP contribution in [0.4, 0.5) is 0 Å². The number of hydrogen-bond acceptors (Lipinski definition) is 5. The van der Waals surface area contributed by atoms with Crippen LogP contribution in [0, 0.1) is 0 Å². The fourth-order valence-electron chi connectivity index (χ4n) is 1.90. The molecule has 0 saturated heterocycles. The summed E-state index contributed by atoms with van der Waals surface area (Å²) in [5.74, 6) is 0.654. The highest BCUT2D eigenvalue weighted by Crippen LogP contribution is 2.16. The highest BCUT2D eigenvalue weighted by atomic mass is 32.2. The Morgan fingerprint density at radius 3 is 2.73 bits per heavy atom. The molecule has 0 radical (unpaired) electrons. The Labute approximate surface area is 130 Å². The number of nitrogens with zero attached hydrogens (tertiary/aromatic N) is 3. The van der Waals surface area contributed by atoms with E-state index < -0.39 is 0 Å². The van der Waals surface area contributed by atoms with Crippen molar-refractivity contribution in [2.24, 2.45) is 0 Å². The van der Waals surface area contributed by atoms with Crippen molar-refractivity contribution < 1.29 is 4.79 Å². The summed E-state index contributed by atoms with van der Waals surface area (Å²) in [5, 5.41) is 20.7. The number of nitrogens with one attached hydrogen (secondary N) is 3. The molecule has 3 N–H and O–H groups in total. The quantitative estimate of drug-likeness (QED) is 0.475. The second-order valence-corrected chi connectivity index (χ2v) is 5.58. The summed E-state index contributed by atoms with van der Waals surface area (Å²) in [6.07, 6.45) is 3.35. The Morgan fingerprint density at radius 2 is 2.05 bits per heavy atom. The molecule has 1 aromatic carbocycles. The second-order valence-electron chi connectivity index (χ2n) is 4.46. The Kier molecular flexibility index (Phi) is 4.50. The van der Waals surface area contributed by atoms with Gasteiger partial charge in [0.1, 0.15) is 5.03 Å². The van der Waals surface area contributed by atoms with E-state index in [9.17, 15) is 4.79 Å². The molecule has 3 rings (SSSR count). The van der Waals surface area contributed by atoms with Gasteiger partial charge in [0.15, 0.2) is 0 Å². The lowest BCUT2D eigenvalue weighted by molar-refractivity contribution is 0.0956. The first-order valence-electron chi connectivity index (χ1n) is 6.69. The zero-order valence-electron chi connectivity index (χ0n) is 11.6. The SMILES string of the molecule is O=C(NCCSc1cn[nH]n1)c1ccc(-c2ccn[nH]2)cc1. The third kappa shape index (κ3) is 3.53. The van der Waals surface area contributed by atoms with Crippen LogP contribution in [0.15, 0.2) is 47.8 Å². The van der Waals surface area contributed by atoms with Gasteiger partial charge in [-0.3, -0.25) is 9.89 Å². The summed E-state index contributed by atoms with van der Waals surface area (Å²) in [6, 6.07) is 9.28. The minimum atomic E-state index is -0.0862. The van der Waals surface area contributed by atoms with Crippen LogP contribution in [0.1, 0.15) is 10.4 Å². The number of carbonyl (C=O) groups excluding carboxylic acids is 1. The standard InChI is InChI=1S/C14H14N6OS/c21-14(15-7-8-22-13-9-17-20-19-13)11-3-1-10(2-4-11)12-5-6-16-18-12/h1-6,9H,7-8H2,(H,15,21)(H,16,18)(H,17,19,20). The van der Waals surface area contributed by atoms with Gasteiger partial charge in [-0.2, -0.15) is 15.4 Å². The van der Waals surface area contributed by atoms with Crippen LogP contribution in [0.25, 0.3) is 11.3 Å². The van der Waals surface area contributed by atoms with E-state index in [4.69, 9.17) is 0 Å². The van der Waals surface area contributed by atoms with Crippen LogP contribution >= 0.6 is 11.8 Å². The molecule has 112 valence electrons. The van der Waals surface area contributed by atoms with Gasteiger partial charge in [-0.25, -0.2) is 0 Å². The molecule has 3 aromatic rings. The molecule has 8 heteroatoms. The second kappa shape index (κ2) is 6.90. The zero-order chi connectivity index (χ0) is 15.2. The van der Waals surface area contributed by atoms with Crippen molar-refractivity contribution in [1.29, 1.82) is 0 Å². The average molecular weight is 314 g/mol. The monoisotopic (exact) mass is 314 g/mol. The number of carbonyl (C=O) groups is 1. The molecule has 0 aliphatic heterocycles. The molecule has 7 nitrogen and oxygen atoms in total. The van der Waals surface area contributed by atoms with E-state index in [0.29, 0.717) is 12.1 Å². The summed E-state index contributed by atoms with van der Waals surface area (Å²) < 4.78 is 0. The number of benzene rings is 1. The van der Waals surface area contributed by atoms with Gasteiger partial charge in [-0.15, -0.1) is 16.9 Å². The maximum absolute atomic E-state index is 12.0. The van der Waals surface area contributed by atoms with Crippen molar-refractivity contribution in [2.45, 2.75) is 5.03 Å². The lowest BCUT2D eigenvalue weighted by Crippen LogP contribution is -2.25. The Hall–Kier alpha value is -2.61. The van der Waals surface area contributed by atoms with E-state index in [2.05, 4.69) is 30.9 Å². The number of amides is 1. The summed E-state index contributed by atoms with van der Waals surface area (Å²) in [4.78, 5) is 12.0. The number of H-pyrrole nitrogens is 2. The Bertz CT molecular complexity index is 708. The number of aromatic nitrogens is 5. The predicted molar refractivity (Wildman–Crippen MR) is 83.5 cm³/mol. The summed E-state index contributed by atoms with van der Waals surface area (Å²) in [6.45, 7) is 0.568. The van der Waals surface area contributed by atoms with Crippen LogP contribution in [-0.4, -0.2) is 43.8 Å². The normalized spacial score (nSPS) is 10.5. The van der Waals surface area contributed by atoms with Gasteiger partial charge in [0.25, 0.3) is 5.91 Å². The van der Waals surface area contributed by atoms with Crippen molar-refractivity contribution in [1.82, 2.24) is 30.9 Å². The first-order chi connectivity index (χ1) is 10.8. The number of rotatable bonds is 6. The van der Waals surface area contributed by atoms with Gasteiger partial charge in [0.2, 0.25) is 0 Å². The van der Waals surface area contributed by atoms with Crippen molar-refractivity contribution in [3.05, 3.63) is 48.3 Å². The first-order valence-corrected chi connectivity index (χ1v) is 7.68. The van der Waals surface area contributed by atoms with Crippen LogP contribution in [0.5, 0.6) is 0 Å². The molecule has 0 saturated carbocycles. The summed E-state index contributed by atoms with van der Waals surface area (Å²) >= 11 is 1.53. The van der Waals surface area contributed by atoms with E-state index >= 15 is 0 Å². The van der Waals surface area contributed by atoms with Crippen LogP contribution < -0.4 is 5.32 Å². The number of aromatic amines is 2. The largest absolute Gasteiger partial charge is 0.351 e. The fourth-order valence-corrected chi connectivity index (χ4v) is 2.55. The topological polar surface area (TPSA) is 99.3 Å². The van der Waals surface area contributed by atoms with Crippen LogP contribution in [-0.2, 0) is 0 Å². The molecule has 0 aliphatic carbocycles. The Morgan fingerprint density at radius 1 is 1.18 bits per heavy atom. The van der Waals surface area contributed by atoms with Gasteiger partial charge in [0, 0.05) is 24.1 Å². The minimum absolute atomic E-state index is 0.0862. The Balaban J connectivity index is 1.49. The van der Waals surface area contributed by atoms with Crippen molar-refractivity contribution in [3.8, 4) is 11.3 Å². The molecule has 2 heterocycles. The smallest absolute Gasteiger partial charge is 0.251 e. The fraction of sp³-hybridized carbons (Fsp3) is 0.143. The van der Waals surface area contributed by atoms with Crippen molar-refractivity contribution in [3.63, 3.8) is 0 Å². The third-order valence-corrected chi connectivity index (χ3v) is 3.89. The maximum Gasteiger partial charge on any atom is 0.251 e. The highest BCUT2D eigenvalue weighted by Gasteiger charge is 2.06. The average Bonchev–Trinajstić information content (AvgIpc) is 3.25. The molecule has 0 aliphatic rings. The first kappa shape index (κ1) is 14.3. The van der Waals surface area contributed by atoms with E-state index in [1.807, 2.05) is 18.2 Å². The highest BCUT2D eigenvalue weighted by molar-refractivity contribution is 7.99. The van der Waals surface area contributed by atoms with Gasteiger partial charge >= 0.3 is 0 Å². The van der Waals surface area contributed by atoms with Gasteiger partial charge in [-0.05, 0) is 23.8 Å². The van der Waals surface area contributed by atoms with E-state index in [1.54, 1.807) is 24.5 Å². The number of hydrogen-bond donors (Lipinski definition) is 3. The minimum Gasteiger partial charge on any atom is -0.351 e.